The SMILES string of the molecule is CC1CN(c2c(F)c(N)c3c(=O)c(C(=O)O)cn(C4CC4)c3c2F)CC(C)N1CN1C(=O)C(=Nc2ccc(S(=O)(=O)Nc3ncccn3)cc2)c2ccccc21. The average molecular weight is 784 g/mol. The number of anilines is 4. The van der Waals surface area contributed by atoms with Gasteiger partial charge in [0.1, 0.15) is 17.0 Å². The van der Waals surface area contributed by atoms with E-state index in [1.54, 1.807) is 35.2 Å². The number of nitrogens with one attached hydrogen (secondary N) is 1. The number of nitrogens with zero attached hydrogens (tertiary/aromatic N) is 7. The fourth-order valence-electron chi connectivity index (χ4n) is 7.47. The molecular weight excluding hydrogens is 749 g/mol. The number of carbonyl (C=O) groups excluding carboxylic acids is 1. The number of piperazine rings is 1. The summed E-state index contributed by atoms with van der Waals surface area (Å²) in [6, 6.07) is 13.5. The Kier molecular flexibility index (Phi) is 9.03. The van der Waals surface area contributed by atoms with E-state index >= 15 is 8.78 Å². The molecule has 15 nitrogen and oxygen atoms in total. The van der Waals surface area contributed by atoms with Crippen molar-refractivity contribution in [3.05, 3.63) is 106 Å². The van der Waals surface area contributed by atoms with Crippen molar-refractivity contribution < 1.29 is 31.9 Å². The molecule has 3 aromatic carbocycles. The number of nitrogens with two attached hydrogens (primary N) is 1. The number of halogens is 2. The maximum Gasteiger partial charge on any atom is 0.341 e. The Morgan fingerprint density at radius 1 is 0.982 bits per heavy atom. The Bertz CT molecular complexity index is 2630. The standard InChI is InChI=1S/C38H35F2N9O6S/c1-20-16-46(34-29(39)31(41)28-33(30(34)40)47(23-10-11-23)18-26(35(28)50)37(52)53)17-21(2)48(20)19-49-27-7-4-3-6-25(27)32(36(49)51)44-22-8-12-24(13-9-22)56(54,55)45-38-42-14-5-15-43-38/h3-9,12-15,18,20-21,23H,10-11,16-17,19,41H2,1-2H3,(H,52,53)(H,42,43,45). The first kappa shape index (κ1) is 36.7. The Balaban J connectivity index is 1.05. The first-order chi connectivity index (χ1) is 26.7. The van der Waals surface area contributed by atoms with Gasteiger partial charge in [0, 0.05) is 55.4 Å². The number of carboxylic acid groups (broad SMARTS) is 1. The van der Waals surface area contributed by atoms with Gasteiger partial charge in [-0.3, -0.25) is 19.4 Å². The zero-order valence-corrected chi connectivity index (χ0v) is 30.9. The third-order valence-corrected chi connectivity index (χ3v) is 11.7. The number of aromatic carboxylic acids is 1. The molecule has 1 saturated heterocycles. The minimum atomic E-state index is -3.99. The van der Waals surface area contributed by atoms with Crippen LogP contribution in [0.25, 0.3) is 10.9 Å². The van der Waals surface area contributed by atoms with Crippen molar-refractivity contribution in [3.8, 4) is 0 Å². The Hall–Kier alpha value is -6.27. The van der Waals surface area contributed by atoms with E-state index in [9.17, 15) is 27.9 Å². The molecule has 4 N–H and O–H groups in total. The number of amides is 1. The molecule has 56 heavy (non-hydrogen) atoms. The van der Waals surface area contributed by atoms with Gasteiger partial charge in [0.15, 0.2) is 11.6 Å². The molecule has 2 aromatic heterocycles. The Morgan fingerprint density at radius 3 is 2.29 bits per heavy atom. The van der Waals surface area contributed by atoms with Crippen LogP contribution in [0.15, 0.2) is 87.9 Å². The smallest absolute Gasteiger partial charge is 0.341 e. The molecule has 288 valence electrons. The van der Waals surface area contributed by atoms with Crippen molar-refractivity contribution in [1.82, 2.24) is 19.4 Å². The fraction of sp³-hybridized carbons (Fsp3) is 0.263. The summed E-state index contributed by atoms with van der Waals surface area (Å²) in [5.74, 6) is -4.10. The first-order valence-electron chi connectivity index (χ1n) is 17.7. The van der Waals surface area contributed by atoms with Crippen LogP contribution in [0.2, 0.25) is 0 Å². The van der Waals surface area contributed by atoms with Crippen LogP contribution in [-0.4, -0.2) is 82.4 Å². The quantitative estimate of drug-likeness (QED) is 0.178. The summed E-state index contributed by atoms with van der Waals surface area (Å²) < 4.78 is 62.1. The molecule has 1 amide bonds. The van der Waals surface area contributed by atoms with Crippen molar-refractivity contribution in [1.29, 1.82) is 0 Å². The van der Waals surface area contributed by atoms with Crippen LogP contribution >= 0.6 is 0 Å². The highest BCUT2D eigenvalue weighted by molar-refractivity contribution is 7.92. The van der Waals surface area contributed by atoms with Crippen molar-refractivity contribution in [2.45, 2.75) is 49.7 Å². The molecule has 1 aliphatic carbocycles. The number of para-hydroxylation sites is 1. The number of benzene rings is 3. The summed E-state index contributed by atoms with van der Waals surface area (Å²) in [6.07, 6.45) is 5.21. The van der Waals surface area contributed by atoms with Gasteiger partial charge in [-0.25, -0.2) is 41.7 Å². The minimum absolute atomic E-state index is 0.0495. The molecular formula is C38H35F2N9O6S. The van der Waals surface area contributed by atoms with Crippen LogP contribution < -0.4 is 25.7 Å². The molecule has 2 fully saturated rings. The van der Waals surface area contributed by atoms with E-state index in [1.165, 1.54) is 46.1 Å². The second-order valence-corrected chi connectivity index (χ2v) is 15.8. The number of sulfonamides is 1. The van der Waals surface area contributed by atoms with E-state index in [0.29, 0.717) is 29.8 Å². The first-order valence-corrected chi connectivity index (χ1v) is 19.2. The van der Waals surface area contributed by atoms with Gasteiger partial charge in [0.25, 0.3) is 15.9 Å². The second-order valence-electron chi connectivity index (χ2n) is 14.1. The molecule has 4 heterocycles. The highest BCUT2D eigenvalue weighted by Crippen LogP contribution is 2.42. The number of rotatable bonds is 9. The third-order valence-electron chi connectivity index (χ3n) is 10.3. The Labute approximate surface area is 318 Å². The molecule has 2 atom stereocenters. The normalized spacial score (nSPS) is 19.5. The summed E-state index contributed by atoms with van der Waals surface area (Å²) >= 11 is 0. The number of hydrogen-bond acceptors (Lipinski definition) is 11. The van der Waals surface area contributed by atoms with Crippen molar-refractivity contribution in [2.75, 3.05) is 40.0 Å². The van der Waals surface area contributed by atoms with Crippen LogP contribution in [-0.2, 0) is 14.8 Å². The van der Waals surface area contributed by atoms with E-state index < -0.39 is 55.4 Å². The number of aromatic nitrogens is 3. The molecule has 3 aliphatic rings. The lowest BCUT2D eigenvalue weighted by atomic mass is 10.0. The topological polar surface area (TPSA) is 196 Å². The molecule has 0 bridgehead atoms. The number of fused-ring (bicyclic) bond motifs is 2. The highest BCUT2D eigenvalue weighted by Gasteiger charge is 2.40. The van der Waals surface area contributed by atoms with E-state index in [1.807, 2.05) is 18.7 Å². The van der Waals surface area contributed by atoms with Gasteiger partial charge in [-0.1, -0.05) is 18.2 Å². The highest BCUT2D eigenvalue weighted by atomic mass is 32.2. The van der Waals surface area contributed by atoms with Crippen LogP contribution in [0, 0.1) is 11.6 Å². The van der Waals surface area contributed by atoms with Crippen molar-refractivity contribution >= 4 is 67.2 Å². The Morgan fingerprint density at radius 2 is 1.64 bits per heavy atom. The molecule has 18 heteroatoms. The molecule has 8 rings (SSSR count). The number of hydrogen-bond donors (Lipinski definition) is 3. The lowest BCUT2D eigenvalue weighted by Gasteiger charge is -2.46. The molecule has 0 spiro atoms. The number of aliphatic imine (C=N–C) groups is 1. The van der Waals surface area contributed by atoms with Gasteiger partial charge in [-0.2, -0.15) is 0 Å². The van der Waals surface area contributed by atoms with Crippen LogP contribution in [0.1, 0.15) is 48.7 Å². The summed E-state index contributed by atoms with van der Waals surface area (Å²) in [5.41, 5.74) is 4.99. The van der Waals surface area contributed by atoms with Crippen LogP contribution in [0.5, 0.6) is 0 Å². The molecule has 0 radical (unpaired) electrons. The largest absolute Gasteiger partial charge is 0.477 e. The molecule has 5 aromatic rings. The zero-order chi connectivity index (χ0) is 39.6. The van der Waals surface area contributed by atoms with Crippen molar-refractivity contribution in [3.63, 3.8) is 0 Å². The average Bonchev–Trinajstić information content (AvgIpc) is 3.98. The van der Waals surface area contributed by atoms with E-state index in [-0.39, 0.29) is 65.9 Å². The molecule has 2 aliphatic heterocycles. The maximum atomic E-state index is 16.6. The summed E-state index contributed by atoms with van der Waals surface area (Å²) in [4.78, 5) is 56.6. The van der Waals surface area contributed by atoms with Crippen LogP contribution in [0.4, 0.5) is 37.5 Å². The van der Waals surface area contributed by atoms with E-state index in [4.69, 9.17) is 5.73 Å². The van der Waals surface area contributed by atoms with Gasteiger partial charge in [0.2, 0.25) is 11.4 Å². The third kappa shape index (κ3) is 6.29. The maximum absolute atomic E-state index is 16.6. The molecule has 1 saturated carbocycles. The summed E-state index contributed by atoms with van der Waals surface area (Å²) in [7, 11) is -3.99. The minimum Gasteiger partial charge on any atom is -0.477 e. The van der Waals surface area contributed by atoms with Crippen molar-refractivity contribution in [2.24, 2.45) is 4.99 Å². The van der Waals surface area contributed by atoms with Gasteiger partial charge in [0.05, 0.1) is 39.5 Å². The van der Waals surface area contributed by atoms with Gasteiger partial charge in [-0.05, 0) is 63.1 Å². The summed E-state index contributed by atoms with van der Waals surface area (Å²) in [6.45, 7) is 4.14. The van der Waals surface area contributed by atoms with Gasteiger partial charge in [-0.15, -0.1) is 0 Å². The number of carboxylic acids is 1. The number of pyridine rings is 1. The van der Waals surface area contributed by atoms with Gasteiger partial charge < -0.3 is 20.3 Å². The monoisotopic (exact) mass is 783 g/mol. The second kappa shape index (κ2) is 13.8. The predicted octanol–water partition coefficient (Wildman–Crippen LogP) is 4.51. The predicted molar refractivity (Wildman–Crippen MR) is 205 cm³/mol. The molecule has 2 unspecified atom stereocenters. The number of nitrogen functional groups attached to an aromatic ring is 1. The zero-order valence-electron chi connectivity index (χ0n) is 30.1. The number of carbonyl (C=O) groups is 2. The van der Waals surface area contributed by atoms with E-state index in [2.05, 4.69) is 19.7 Å². The summed E-state index contributed by atoms with van der Waals surface area (Å²) in [5, 5.41) is 9.15. The van der Waals surface area contributed by atoms with Gasteiger partial charge >= 0.3 is 5.97 Å². The lowest BCUT2D eigenvalue weighted by Crippen LogP contribution is -2.60. The van der Waals surface area contributed by atoms with Crippen LogP contribution in [0.3, 0.4) is 0 Å². The lowest BCUT2D eigenvalue weighted by molar-refractivity contribution is -0.112. The van der Waals surface area contributed by atoms with E-state index in [0.717, 1.165) is 6.20 Å². The fourth-order valence-corrected chi connectivity index (χ4v) is 8.43.